The van der Waals surface area contributed by atoms with Gasteiger partial charge in [-0.15, -0.1) is 16.8 Å². The van der Waals surface area contributed by atoms with Crippen LogP contribution in [0.1, 0.15) is 10.4 Å². The van der Waals surface area contributed by atoms with Crippen LogP contribution in [0.15, 0.2) is 65.3 Å². The van der Waals surface area contributed by atoms with Crippen molar-refractivity contribution in [3.8, 4) is 5.88 Å². The topological polar surface area (TPSA) is 110 Å². The van der Waals surface area contributed by atoms with Crippen molar-refractivity contribution in [2.45, 2.75) is 6.54 Å². The Bertz CT molecular complexity index is 1100. The summed E-state index contributed by atoms with van der Waals surface area (Å²) in [5.41, 5.74) is 0.398. The average Bonchev–Trinajstić information content (AvgIpc) is 2.92. The van der Waals surface area contributed by atoms with Crippen molar-refractivity contribution in [1.29, 1.82) is 0 Å². The molecule has 8 nitrogen and oxygen atoms in total. The predicted molar refractivity (Wildman–Crippen MR) is 101 cm³/mol. The number of fused-ring (bicyclic) bond motifs is 1. The highest BCUT2D eigenvalue weighted by Gasteiger charge is 2.18. The van der Waals surface area contributed by atoms with E-state index < -0.39 is 16.5 Å². The maximum atomic E-state index is 12.3. The maximum absolute atomic E-state index is 12.3. The van der Waals surface area contributed by atoms with E-state index >= 15 is 0 Å². The zero-order chi connectivity index (χ0) is 19.6. The Balaban J connectivity index is 2.00. The minimum Gasteiger partial charge on any atom is -0.493 e. The SMILES string of the molecule is C=CCn1c(O)c(N=NC(=O)c2ccc(Cl)c([N+](=O)[O-])c2)c2ccccc21. The van der Waals surface area contributed by atoms with Gasteiger partial charge in [-0.05, 0) is 18.2 Å². The fourth-order valence-corrected chi connectivity index (χ4v) is 2.81. The molecule has 0 spiro atoms. The first kappa shape index (κ1) is 18.3. The van der Waals surface area contributed by atoms with E-state index in [2.05, 4.69) is 16.8 Å². The Hall–Kier alpha value is -3.52. The van der Waals surface area contributed by atoms with Gasteiger partial charge in [0.1, 0.15) is 5.02 Å². The third-order valence-corrected chi connectivity index (χ3v) is 4.18. The number of nitrogens with zero attached hydrogens (tertiary/aromatic N) is 4. The van der Waals surface area contributed by atoms with E-state index in [1.54, 1.807) is 34.9 Å². The number of nitro groups is 1. The molecule has 0 saturated heterocycles. The lowest BCUT2D eigenvalue weighted by Crippen LogP contribution is -1.97. The van der Waals surface area contributed by atoms with Crippen LogP contribution in [0.2, 0.25) is 5.02 Å². The van der Waals surface area contributed by atoms with Crippen molar-refractivity contribution >= 4 is 39.8 Å². The first-order valence-corrected chi connectivity index (χ1v) is 8.13. The van der Waals surface area contributed by atoms with Crippen molar-refractivity contribution in [1.82, 2.24) is 4.57 Å². The van der Waals surface area contributed by atoms with Gasteiger partial charge in [-0.1, -0.05) is 35.9 Å². The number of para-hydroxylation sites is 1. The number of allylic oxidation sites excluding steroid dienone is 1. The Morgan fingerprint density at radius 1 is 1.33 bits per heavy atom. The highest BCUT2D eigenvalue weighted by Crippen LogP contribution is 2.38. The summed E-state index contributed by atoms with van der Waals surface area (Å²) in [5, 5.41) is 29.4. The van der Waals surface area contributed by atoms with Gasteiger partial charge in [0.15, 0.2) is 5.69 Å². The standard InChI is InChI=1S/C18H13ClN4O4/c1-2-9-22-14-6-4-3-5-12(14)16(18(22)25)20-21-17(24)11-7-8-13(19)15(10-11)23(26)27/h2-8,10,25H,1,9H2. The van der Waals surface area contributed by atoms with Gasteiger partial charge in [0.25, 0.3) is 11.6 Å². The van der Waals surface area contributed by atoms with Gasteiger partial charge in [0, 0.05) is 18.0 Å². The third kappa shape index (κ3) is 3.42. The summed E-state index contributed by atoms with van der Waals surface area (Å²) in [4.78, 5) is 22.5. The van der Waals surface area contributed by atoms with E-state index in [4.69, 9.17) is 11.6 Å². The first-order chi connectivity index (χ1) is 12.9. The number of aromatic hydroxyl groups is 1. The molecule has 0 aliphatic rings. The van der Waals surface area contributed by atoms with Crippen molar-refractivity contribution in [2.24, 2.45) is 10.2 Å². The van der Waals surface area contributed by atoms with Gasteiger partial charge in [-0.25, -0.2) is 0 Å². The molecular weight excluding hydrogens is 372 g/mol. The van der Waals surface area contributed by atoms with E-state index in [9.17, 15) is 20.0 Å². The molecule has 0 fully saturated rings. The largest absolute Gasteiger partial charge is 0.493 e. The number of hydrogen-bond donors (Lipinski definition) is 1. The van der Waals surface area contributed by atoms with Gasteiger partial charge in [-0.2, -0.15) is 0 Å². The van der Waals surface area contributed by atoms with Crippen LogP contribution in [0.3, 0.4) is 0 Å². The normalized spacial score (nSPS) is 11.1. The number of amides is 1. The van der Waals surface area contributed by atoms with E-state index in [1.165, 1.54) is 12.1 Å². The summed E-state index contributed by atoms with van der Waals surface area (Å²) < 4.78 is 1.58. The van der Waals surface area contributed by atoms with Crippen molar-refractivity contribution in [2.75, 3.05) is 0 Å². The molecule has 27 heavy (non-hydrogen) atoms. The Morgan fingerprint density at radius 2 is 2.07 bits per heavy atom. The average molecular weight is 385 g/mol. The lowest BCUT2D eigenvalue weighted by atomic mass is 10.2. The zero-order valence-electron chi connectivity index (χ0n) is 13.9. The highest BCUT2D eigenvalue weighted by molar-refractivity contribution is 6.32. The number of halogens is 1. The molecule has 136 valence electrons. The van der Waals surface area contributed by atoms with Crippen LogP contribution in [0.4, 0.5) is 11.4 Å². The highest BCUT2D eigenvalue weighted by atomic mass is 35.5. The number of azo groups is 1. The number of hydrogen-bond acceptors (Lipinski definition) is 5. The fraction of sp³-hybridized carbons (Fsp3) is 0.0556. The zero-order valence-corrected chi connectivity index (χ0v) is 14.6. The molecule has 0 saturated carbocycles. The molecule has 0 unspecified atom stereocenters. The number of aromatic nitrogens is 1. The van der Waals surface area contributed by atoms with Crippen LogP contribution >= 0.6 is 11.6 Å². The number of benzene rings is 2. The molecule has 1 amide bonds. The summed E-state index contributed by atoms with van der Waals surface area (Å²) >= 11 is 5.74. The van der Waals surface area contributed by atoms with Crippen LogP contribution in [-0.4, -0.2) is 20.5 Å². The molecular formula is C18H13ClN4O4. The van der Waals surface area contributed by atoms with E-state index in [1.807, 2.05) is 0 Å². The van der Waals surface area contributed by atoms with Crippen LogP contribution in [0, 0.1) is 10.1 Å². The molecule has 1 N–H and O–H groups in total. The first-order valence-electron chi connectivity index (χ1n) is 7.75. The summed E-state index contributed by atoms with van der Waals surface area (Å²) in [6.07, 6.45) is 1.62. The van der Waals surface area contributed by atoms with Crippen molar-refractivity contribution in [3.63, 3.8) is 0 Å². The fourth-order valence-electron chi connectivity index (χ4n) is 2.62. The Labute approximate surface area is 158 Å². The van der Waals surface area contributed by atoms with Crippen LogP contribution in [0.5, 0.6) is 5.88 Å². The van der Waals surface area contributed by atoms with Crippen molar-refractivity contribution in [3.05, 3.63) is 75.8 Å². The molecule has 3 rings (SSSR count). The van der Waals surface area contributed by atoms with Crippen LogP contribution < -0.4 is 0 Å². The third-order valence-electron chi connectivity index (χ3n) is 3.86. The summed E-state index contributed by atoms with van der Waals surface area (Å²) in [6.45, 7) is 4.00. The second-order valence-corrected chi connectivity index (χ2v) is 5.92. The van der Waals surface area contributed by atoms with Gasteiger partial charge in [-0.3, -0.25) is 14.9 Å². The number of carbonyl (C=O) groups is 1. The minimum absolute atomic E-state index is 0.0378. The van der Waals surface area contributed by atoms with Gasteiger partial charge >= 0.3 is 0 Å². The van der Waals surface area contributed by atoms with Crippen LogP contribution in [-0.2, 0) is 6.54 Å². The van der Waals surface area contributed by atoms with E-state index in [0.717, 1.165) is 6.07 Å². The second-order valence-electron chi connectivity index (χ2n) is 5.52. The molecule has 1 heterocycles. The molecule has 1 aromatic heterocycles. The monoisotopic (exact) mass is 384 g/mol. The predicted octanol–water partition coefficient (Wildman–Crippen LogP) is 5.02. The lowest BCUT2D eigenvalue weighted by Gasteiger charge is -2.01. The molecule has 9 heteroatoms. The minimum atomic E-state index is -0.797. The molecule has 2 aromatic carbocycles. The molecule has 0 radical (unpaired) electrons. The smallest absolute Gasteiger partial charge is 0.295 e. The second kappa shape index (κ2) is 7.38. The number of carbonyl (C=O) groups excluding carboxylic acids is 1. The number of rotatable bonds is 5. The summed E-state index contributed by atoms with van der Waals surface area (Å²) in [7, 11) is 0. The van der Waals surface area contributed by atoms with Crippen molar-refractivity contribution < 1.29 is 14.8 Å². The lowest BCUT2D eigenvalue weighted by molar-refractivity contribution is -0.384. The van der Waals surface area contributed by atoms with Gasteiger partial charge < -0.3 is 9.67 Å². The molecule has 3 aromatic rings. The summed E-state index contributed by atoms with van der Waals surface area (Å²) in [5.74, 6) is -0.954. The Morgan fingerprint density at radius 3 is 2.78 bits per heavy atom. The van der Waals surface area contributed by atoms with Crippen LogP contribution in [0.25, 0.3) is 10.9 Å². The molecule has 0 bridgehead atoms. The molecule has 0 atom stereocenters. The van der Waals surface area contributed by atoms with Gasteiger partial charge in [0.2, 0.25) is 5.88 Å². The quantitative estimate of drug-likeness (QED) is 0.288. The van der Waals surface area contributed by atoms with E-state index in [-0.39, 0.29) is 22.2 Å². The molecule has 0 aliphatic carbocycles. The maximum Gasteiger partial charge on any atom is 0.295 e. The van der Waals surface area contributed by atoms with E-state index in [0.29, 0.717) is 17.4 Å². The summed E-state index contributed by atoms with van der Waals surface area (Å²) in [6, 6.07) is 10.7. The Kier molecular flexibility index (Phi) is 5.00. The number of nitro benzene ring substituents is 1. The van der Waals surface area contributed by atoms with Gasteiger partial charge in [0.05, 0.1) is 16.0 Å². The molecule has 0 aliphatic heterocycles.